The Labute approximate surface area is 116 Å². The summed E-state index contributed by atoms with van der Waals surface area (Å²) in [7, 11) is 3.48. The highest BCUT2D eigenvalue weighted by molar-refractivity contribution is 5.47. The molecule has 0 aromatic heterocycles. The van der Waals surface area contributed by atoms with Crippen molar-refractivity contribution in [3.63, 3.8) is 0 Å². The van der Waals surface area contributed by atoms with Gasteiger partial charge in [-0.15, -0.1) is 0 Å². The summed E-state index contributed by atoms with van der Waals surface area (Å²) < 4.78 is 11.1. The fourth-order valence-electron chi connectivity index (χ4n) is 3.08. The molecule has 19 heavy (non-hydrogen) atoms. The molecule has 0 radical (unpaired) electrons. The third-order valence-corrected chi connectivity index (χ3v) is 3.92. The molecule has 0 saturated carbocycles. The molecule has 1 aromatic rings. The standard InChI is InChI=1S/C16H25NO2/c1-4-11-17-12-6-5-8-13(17)16-14(18-2)9-7-10-15(16)19-3/h7,9-10,13H,4-6,8,11-12H2,1-3H3/t13-/m1/s1. The summed E-state index contributed by atoms with van der Waals surface area (Å²) in [5.41, 5.74) is 1.22. The summed E-state index contributed by atoms with van der Waals surface area (Å²) in [6, 6.07) is 6.50. The SMILES string of the molecule is CCCN1CCCC[C@@H]1c1c(OC)cccc1OC. The van der Waals surface area contributed by atoms with Crippen LogP contribution >= 0.6 is 0 Å². The number of hydrogen-bond acceptors (Lipinski definition) is 3. The molecular weight excluding hydrogens is 238 g/mol. The zero-order valence-corrected chi connectivity index (χ0v) is 12.3. The second-order valence-corrected chi connectivity index (χ2v) is 5.12. The van der Waals surface area contributed by atoms with Crippen molar-refractivity contribution in [2.45, 2.75) is 38.6 Å². The van der Waals surface area contributed by atoms with Gasteiger partial charge in [0.15, 0.2) is 0 Å². The van der Waals surface area contributed by atoms with E-state index in [4.69, 9.17) is 9.47 Å². The highest BCUT2D eigenvalue weighted by Crippen LogP contribution is 2.41. The largest absolute Gasteiger partial charge is 0.496 e. The molecule has 1 saturated heterocycles. The van der Waals surface area contributed by atoms with Crippen LogP contribution in [0.2, 0.25) is 0 Å². The van der Waals surface area contributed by atoms with E-state index in [1.165, 1.54) is 37.8 Å². The summed E-state index contributed by atoms with van der Waals surface area (Å²) in [5, 5.41) is 0. The van der Waals surface area contributed by atoms with Gasteiger partial charge < -0.3 is 9.47 Å². The predicted molar refractivity (Wildman–Crippen MR) is 78.0 cm³/mol. The summed E-state index contributed by atoms with van der Waals surface area (Å²) >= 11 is 0. The highest BCUT2D eigenvalue weighted by Gasteiger charge is 2.28. The Morgan fingerprint density at radius 1 is 1.16 bits per heavy atom. The number of likely N-dealkylation sites (tertiary alicyclic amines) is 1. The molecule has 0 unspecified atom stereocenters. The molecule has 2 rings (SSSR count). The molecular formula is C16H25NO2. The molecule has 0 amide bonds. The minimum absolute atomic E-state index is 0.430. The molecule has 0 bridgehead atoms. The molecule has 1 fully saturated rings. The summed E-state index contributed by atoms with van der Waals surface area (Å²) in [4.78, 5) is 2.57. The number of methoxy groups -OCH3 is 2. The van der Waals surface area contributed by atoms with Crippen LogP contribution in [0.1, 0.15) is 44.2 Å². The van der Waals surface area contributed by atoms with Crippen molar-refractivity contribution >= 4 is 0 Å². The first-order valence-electron chi connectivity index (χ1n) is 7.26. The fourth-order valence-corrected chi connectivity index (χ4v) is 3.08. The van der Waals surface area contributed by atoms with E-state index in [0.717, 1.165) is 18.0 Å². The van der Waals surface area contributed by atoms with E-state index in [0.29, 0.717) is 6.04 Å². The topological polar surface area (TPSA) is 21.7 Å². The number of rotatable bonds is 5. The molecule has 1 heterocycles. The van der Waals surface area contributed by atoms with Crippen molar-refractivity contribution in [2.24, 2.45) is 0 Å². The lowest BCUT2D eigenvalue weighted by Crippen LogP contribution is -2.34. The number of benzene rings is 1. The normalized spacial score (nSPS) is 20.3. The molecule has 0 spiro atoms. The van der Waals surface area contributed by atoms with E-state index >= 15 is 0 Å². The quantitative estimate of drug-likeness (QED) is 0.809. The smallest absolute Gasteiger partial charge is 0.127 e. The molecule has 1 atom stereocenters. The monoisotopic (exact) mass is 263 g/mol. The maximum atomic E-state index is 5.56. The first-order chi connectivity index (χ1) is 9.31. The Bertz CT molecular complexity index is 381. The Kier molecular flexibility index (Phi) is 5.08. The van der Waals surface area contributed by atoms with Gasteiger partial charge in [0.2, 0.25) is 0 Å². The van der Waals surface area contributed by atoms with Gasteiger partial charge in [0.25, 0.3) is 0 Å². The summed E-state index contributed by atoms with van der Waals surface area (Å²) in [6.45, 7) is 4.57. The lowest BCUT2D eigenvalue weighted by Gasteiger charge is -2.37. The van der Waals surface area contributed by atoms with Gasteiger partial charge in [0, 0.05) is 6.04 Å². The van der Waals surface area contributed by atoms with Gasteiger partial charge in [0.1, 0.15) is 11.5 Å². The molecule has 1 aliphatic rings. The summed E-state index contributed by atoms with van der Waals surface area (Å²) in [6.07, 6.45) is 4.96. The minimum atomic E-state index is 0.430. The second-order valence-electron chi connectivity index (χ2n) is 5.12. The third-order valence-electron chi connectivity index (χ3n) is 3.92. The van der Waals surface area contributed by atoms with Gasteiger partial charge in [-0.25, -0.2) is 0 Å². The van der Waals surface area contributed by atoms with Gasteiger partial charge in [-0.3, -0.25) is 4.90 Å². The van der Waals surface area contributed by atoms with Crippen LogP contribution in [0.4, 0.5) is 0 Å². The molecule has 3 nitrogen and oxygen atoms in total. The Morgan fingerprint density at radius 3 is 2.42 bits per heavy atom. The maximum Gasteiger partial charge on any atom is 0.127 e. The average molecular weight is 263 g/mol. The van der Waals surface area contributed by atoms with Crippen LogP contribution in [-0.2, 0) is 0 Å². The number of nitrogens with zero attached hydrogens (tertiary/aromatic N) is 1. The van der Waals surface area contributed by atoms with Gasteiger partial charge in [-0.05, 0) is 44.5 Å². The predicted octanol–water partition coefficient (Wildman–Crippen LogP) is 3.64. The van der Waals surface area contributed by atoms with Crippen molar-refractivity contribution in [1.82, 2.24) is 4.90 Å². The van der Waals surface area contributed by atoms with E-state index in [1.54, 1.807) is 14.2 Å². The first-order valence-corrected chi connectivity index (χ1v) is 7.26. The van der Waals surface area contributed by atoms with Crippen LogP contribution in [0, 0.1) is 0 Å². The molecule has 0 aliphatic carbocycles. The average Bonchev–Trinajstić information content (AvgIpc) is 2.47. The Hall–Kier alpha value is -1.22. The molecule has 0 N–H and O–H groups in total. The van der Waals surface area contributed by atoms with Crippen molar-refractivity contribution in [3.05, 3.63) is 23.8 Å². The zero-order valence-electron chi connectivity index (χ0n) is 12.3. The summed E-state index contributed by atoms with van der Waals surface area (Å²) in [5.74, 6) is 1.90. The second kappa shape index (κ2) is 6.80. The third kappa shape index (κ3) is 3.03. The number of ether oxygens (including phenoxy) is 2. The van der Waals surface area contributed by atoms with E-state index in [-0.39, 0.29) is 0 Å². The van der Waals surface area contributed by atoms with Gasteiger partial charge in [-0.2, -0.15) is 0 Å². The van der Waals surface area contributed by atoms with Crippen LogP contribution < -0.4 is 9.47 Å². The van der Waals surface area contributed by atoms with Gasteiger partial charge in [-0.1, -0.05) is 19.4 Å². The maximum absolute atomic E-state index is 5.56. The van der Waals surface area contributed by atoms with E-state index in [9.17, 15) is 0 Å². The molecule has 106 valence electrons. The van der Waals surface area contributed by atoms with Gasteiger partial charge in [0.05, 0.1) is 19.8 Å². The number of piperidine rings is 1. The number of hydrogen-bond donors (Lipinski definition) is 0. The Balaban J connectivity index is 2.36. The van der Waals surface area contributed by atoms with Crippen LogP contribution in [0.15, 0.2) is 18.2 Å². The van der Waals surface area contributed by atoms with Crippen LogP contribution in [0.25, 0.3) is 0 Å². The van der Waals surface area contributed by atoms with Crippen LogP contribution in [0.3, 0.4) is 0 Å². The van der Waals surface area contributed by atoms with E-state index in [2.05, 4.69) is 11.8 Å². The minimum Gasteiger partial charge on any atom is -0.496 e. The molecule has 1 aromatic carbocycles. The van der Waals surface area contributed by atoms with Gasteiger partial charge >= 0.3 is 0 Å². The van der Waals surface area contributed by atoms with E-state index < -0.39 is 0 Å². The lowest BCUT2D eigenvalue weighted by atomic mass is 9.93. The first kappa shape index (κ1) is 14.2. The molecule has 1 aliphatic heterocycles. The Morgan fingerprint density at radius 2 is 1.84 bits per heavy atom. The van der Waals surface area contributed by atoms with E-state index in [1.807, 2.05) is 18.2 Å². The van der Waals surface area contributed by atoms with Crippen molar-refractivity contribution in [1.29, 1.82) is 0 Å². The fraction of sp³-hybridized carbons (Fsp3) is 0.625. The van der Waals surface area contributed by atoms with Crippen LogP contribution in [-0.4, -0.2) is 32.2 Å². The highest BCUT2D eigenvalue weighted by atomic mass is 16.5. The lowest BCUT2D eigenvalue weighted by molar-refractivity contribution is 0.143. The van der Waals surface area contributed by atoms with Crippen molar-refractivity contribution in [2.75, 3.05) is 27.3 Å². The van der Waals surface area contributed by atoms with Crippen molar-refractivity contribution in [3.8, 4) is 11.5 Å². The van der Waals surface area contributed by atoms with Crippen LogP contribution in [0.5, 0.6) is 11.5 Å². The van der Waals surface area contributed by atoms with Crippen molar-refractivity contribution < 1.29 is 9.47 Å². The molecule has 3 heteroatoms. The zero-order chi connectivity index (χ0) is 13.7.